The van der Waals surface area contributed by atoms with Crippen LogP contribution < -0.4 is 0 Å². The smallest absolute Gasteiger partial charge is 0.136 e. The van der Waals surface area contributed by atoms with Gasteiger partial charge in [-0.2, -0.15) is 5.26 Å². The molecule has 0 aliphatic carbocycles. The molecule has 0 fully saturated rings. The molecule has 62 valence electrons. The summed E-state index contributed by atoms with van der Waals surface area (Å²) in [6.45, 7) is 3.42. The zero-order valence-electron chi connectivity index (χ0n) is 6.85. The third kappa shape index (κ3) is 1.24. The van der Waals surface area contributed by atoms with Crippen LogP contribution in [0.2, 0.25) is 5.02 Å². The lowest BCUT2D eigenvalue weighted by molar-refractivity contribution is 0.469. The number of hydrogen-bond acceptors (Lipinski definition) is 2. The average molecular weight is 182 g/mol. The minimum absolute atomic E-state index is 0.0272. The van der Waals surface area contributed by atoms with Crippen molar-refractivity contribution in [2.24, 2.45) is 0 Å². The molecular weight excluding hydrogens is 174 g/mol. The zero-order chi connectivity index (χ0) is 9.30. The molecule has 0 bridgehead atoms. The molecule has 0 saturated heterocycles. The maximum absolute atomic E-state index is 9.42. The van der Waals surface area contributed by atoms with E-state index in [4.69, 9.17) is 16.9 Å². The predicted molar refractivity (Wildman–Crippen MR) is 47.3 cm³/mol. The summed E-state index contributed by atoms with van der Waals surface area (Å²) in [6, 6.07) is 3.56. The van der Waals surface area contributed by atoms with Crippen LogP contribution in [0.3, 0.4) is 0 Å². The number of phenols is 1. The van der Waals surface area contributed by atoms with Crippen molar-refractivity contribution in [1.82, 2.24) is 0 Å². The number of aromatic hydroxyl groups is 1. The van der Waals surface area contributed by atoms with Gasteiger partial charge in [0.1, 0.15) is 11.8 Å². The Bertz CT molecular complexity index is 340. The van der Waals surface area contributed by atoms with E-state index in [0.717, 1.165) is 0 Å². The summed E-state index contributed by atoms with van der Waals surface area (Å²) < 4.78 is 0. The fourth-order valence-electron chi connectivity index (χ4n) is 0.998. The summed E-state index contributed by atoms with van der Waals surface area (Å²) in [5.74, 6) is 0.0272. The lowest BCUT2D eigenvalue weighted by Gasteiger charge is -2.05. The Balaban J connectivity index is 3.56. The highest BCUT2D eigenvalue weighted by atomic mass is 35.5. The summed E-state index contributed by atoms with van der Waals surface area (Å²) in [5.41, 5.74) is 1.52. The van der Waals surface area contributed by atoms with E-state index in [1.54, 1.807) is 19.9 Å². The van der Waals surface area contributed by atoms with Gasteiger partial charge < -0.3 is 5.11 Å². The van der Waals surface area contributed by atoms with Gasteiger partial charge in [-0.1, -0.05) is 11.6 Å². The van der Waals surface area contributed by atoms with Crippen LogP contribution in [-0.4, -0.2) is 5.11 Å². The molecule has 0 atom stereocenters. The van der Waals surface area contributed by atoms with Crippen LogP contribution in [0.15, 0.2) is 6.07 Å². The van der Waals surface area contributed by atoms with E-state index in [2.05, 4.69) is 0 Å². The minimum Gasteiger partial charge on any atom is -0.506 e. The Labute approximate surface area is 76.0 Å². The van der Waals surface area contributed by atoms with Crippen molar-refractivity contribution in [1.29, 1.82) is 5.26 Å². The van der Waals surface area contributed by atoms with Crippen molar-refractivity contribution in [2.45, 2.75) is 13.8 Å². The van der Waals surface area contributed by atoms with Gasteiger partial charge >= 0.3 is 0 Å². The van der Waals surface area contributed by atoms with Crippen LogP contribution in [0.1, 0.15) is 16.7 Å². The number of hydrogen-bond donors (Lipinski definition) is 1. The normalized spacial score (nSPS) is 9.50. The second kappa shape index (κ2) is 3.04. The van der Waals surface area contributed by atoms with Gasteiger partial charge in [0, 0.05) is 5.02 Å². The van der Waals surface area contributed by atoms with Crippen molar-refractivity contribution >= 4 is 11.6 Å². The highest BCUT2D eigenvalue weighted by Gasteiger charge is 2.10. The maximum Gasteiger partial charge on any atom is 0.136 e. The first-order chi connectivity index (χ1) is 5.57. The second-order valence-corrected chi connectivity index (χ2v) is 3.04. The average Bonchev–Trinajstić information content (AvgIpc) is 2.02. The summed E-state index contributed by atoms with van der Waals surface area (Å²) >= 11 is 5.81. The molecule has 0 spiro atoms. The van der Waals surface area contributed by atoms with E-state index in [9.17, 15) is 5.11 Å². The van der Waals surface area contributed by atoms with E-state index in [1.165, 1.54) is 0 Å². The first-order valence-electron chi connectivity index (χ1n) is 3.46. The summed E-state index contributed by atoms with van der Waals surface area (Å²) in [5, 5.41) is 18.6. The van der Waals surface area contributed by atoms with Crippen LogP contribution in [0.4, 0.5) is 0 Å². The van der Waals surface area contributed by atoms with Crippen molar-refractivity contribution < 1.29 is 5.11 Å². The van der Waals surface area contributed by atoms with Crippen LogP contribution in [0.5, 0.6) is 5.75 Å². The molecule has 1 aromatic rings. The number of halogens is 1. The Morgan fingerprint density at radius 3 is 2.58 bits per heavy atom. The Kier molecular flexibility index (Phi) is 2.25. The van der Waals surface area contributed by atoms with Gasteiger partial charge in [-0.25, -0.2) is 0 Å². The van der Waals surface area contributed by atoms with E-state index >= 15 is 0 Å². The summed E-state index contributed by atoms with van der Waals surface area (Å²) in [6.07, 6.45) is 0. The van der Waals surface area contributed by atoms with Gasteiger partial charge in [-0.15, -0.1) is 0 Å². The topological polar surface area (TPSA) is 44.0 Å². The fraction of sp³-hybridized carbons (Fsp3) is 0.222. The predicted octanol–water partition coefficient (Wildman–Crippen LogP) is 2.53. The Morgan fingerprint density at radius 1 is 1.50 bits per heavy atom. The fourth-order valence-corrected chi connectivity index (χ4v) is 1.26. The molecule has 0 radical (unpaired) electrons. The molecular formula is C9H8ClNO. The van der Waals surface area contributed by atoms with Crippen molar-refractivity contribution in [2.75, 3.05) is 0 Å². The molecule has 0 saturated carbocycles. The monoisotopic (exact) mass is 181 g/mol. The quantitative estimate of drug-likeness (QED) is 0.669. The van der Waals surface area contributed by atoms with Crippen LogP contribution in [-0.2, 0) is 0 Å². The van der Waals surface area contributed by atoms with Gasteiger partial charge in [-0.3, -0.25) is 0 Å². The Morgan fingerprint density at radius 2 is 2.08 bits per heavy atom. The van der Waals surface area contributed by atoms with E-state index < -0.39 is 0 Å². The van der Waals surface area contributed by atoms with Crippen molar-refractivity contribution in [3.05, 3.63) is 27.8 Å². The zero-order valence-corrected chi connectivity index (χ0v) is 7.61. The molecule has 1 rings (SSSR count). The first kappa shape index (κ1) is 8.89. The van der Waals surface area contributed by atoms with E-state index in [0.29, 0.717) is 16.1 Å². The molecule has 0 aliphatic heterocycles. The molecule has 12 heavy (non-hydrogen) atoms. The number of nitriles is 1. The summed E-state index contributed by atoms with van der Waals surface area (Å²) in [4.78, 5) is 0. The van der Waals surface area contributed by atoms with Gasteiger partial charge in [-0.05, 0) is 31.0 Å². The van der Waals surface area contributed by atoms with Crippen LogP contribution >= 0.6 is 11.6 Å². The lowest BCUT2D eigenvalue weighted by atomic mass is 10.1. The number of aryl methyl sites for hydroxylation is 1. The van der Waals surface area contributed by atoms with E-state index in [1.807, 2.05) is 6.07 Å². The highest BCUT2D eigenvalue weighted by molar-refractivity contribution is 6.31. The lowest BCUT2D eigenvalue weighted by Crippen LogP contribution is -1.87. The van der Waals surface area contributed by atoms with Crippen molar-refractivity contribution in [3.63, 3.8) is 0 Å². The van der Waals surface area contributed by atoms with Gasteiger partial charge in [0.25, 0.3) is 0 Å². The van der Waals surface area contributed by atoms with Gasteiger partial charge in [0.05, 0.1) is 5.56 Å². The number of rotatable bonds is 0. The largest absolute Gasteiger partial charge is 0.506 e. The van der Waals surface area contributed by atoms with Crippen molar-refractivity contribution in [3.8, 4) is 11.8 Å². The molecule has 0 unspecified atom stereocenters. The molecule has 1 aromatic carbocycles. The van der Waals surface area contributed by atoms with Crippen LogP contribution in [0.25, 0.3) is 0 Å². The van der Waals surface area contributed by atoms with Gasteiger partial charge in [0.2, 0.25) is 0 Å². The molecule has 0 heterocycles. The molecule has 3 heteroatoms. The van der Waals surface area contributed by atoms with Crippen LogP contribution in [0, 0.1) is 25.2 Å². The number of benzene rings is 1. The number of nitrogens with zero attached hydrogens (tertiary/aromatic N) is 1. The maximum atomic E-state index is 9.42. The summed E-state index contributed by atoms with van der Waals surface area (Å²) in [7, 11) is 0. The Hall–Kier alpha value is -1.20. The number of phenolic OH excluding ortho intramolecular Hbond substituents is 1. The van der Waals surface area contributed by atoms with Gasteiger partial charge in [0.15, 0.2) is 0 Å². The molecule has 0 aromatic heterocycles. The minimum atomic E-state index is 0.0272. The standard InChI is InChI=1S/C9H8ClNO/c1-5-3-8(10)6(2)7(4-11)9(5)12/h3,12H,1-2H3. The third-order valence-corrected chi connectivity index (χ3v) is 2.19. The van der Waals surface area contributed by atoms with E-state index in [-0.39, 0.29) is 11.3 Å². The second-order valence-electron chi connectivity index (χ2n) is 2.64. The first-order valence-corrected chi connectivity index (χ1v) is 3.84. The molecule has 2 nitrogen and oxygen atoms in total. The third-order valence-electron chi connectivity index (χ3n) is 1.80. The molecule has 0 aliphatic rings. The highest BCUT2D eigenvalue weighted by Crippen LogP contribution is 2.29. The molecule has 0 amide bonds. The SMILES string of the molecule is Cc1cc(Cl)c(C)c(C#N)c1O. The molecule has 1 N–H and O–H groups in total.